The van der Waals surface area contributed by atoms with E-state index in [1.54, 1.807) is 0 Å². The van der Waals surface area contributed by atoms with Gasteiger partial charge < -0.3 is 0 Å². The first kappa shape index (κ1) is 20.2. The van der Waals surface area contributed by atoms with E-state index in [9.17, 15) is 5.26 Å². The third-order valence-corrected chi connectivity index (χ3v) is 20.6. The van der Waals surface area contributed by atoms with Crippen molar-refractivity contribution < 1.29 is 0 Å². The van der Waals surface area contributed by atoms with Crippen molar-refractivity contribution in [3.8, 4) is 6.07 Å². The third kappa shape index (κ3) is 4.55. The molecule has 0 fully saturated rings. The Labute approximate surface area is 156 Å². The van der Waals surface area contributed by atoms with Gasteiger partial charge in [-0.3, -0.25) is 0 Å². The van der Waals surface area contributed by atoms with Crippen LogP contribution in [0.1, 0.15) is 64.9 Å². The fourth-order valence-electron chi connectivity index (χ4n) is 3.84. The number of aryl methyl sites for hydroxylation is 1. The average Bonchev–Trinajstić information content (AvgIpc) is 3.00. The van der Waals surface area contributed by atoms with Gasteiger partial charge in [0.05, 0.1) is 0 Å². The van der Waals surface area contributed by atoms with Gasteiger partial charge in [-0.1, -0.05) is 0 Å². The van der Waals surface area contributed by atoms with Gasteiger partial charge in [-0.25, -0.2) is 0 Å². The van der Waals surface area contributed by atoms with Crippen LogP contribution in [0.4, 0.5) is 0 Å². The molecule has 0 saturated carbocycles. The summed E-state index contributed by atoms with van der Waals surface area (Å²) in [6, 6.07) is 4.53. The van der Waals surface area contributed by atoms with Crippen molar-refractivity contribution in [2.24, 2.45) is 7.05 Å². The second-order valence-corrected chi connectivity index (χ2v) is 20.2. The number of hydrogen-bond donors (Lipinski definition) is 0. The summed E-state index contributed by atoms with van der Waals surface area (Å²) in [5.74, 6) is 0. The molecule has 2 aromatic rings. The molecule has 2 aromatic heterocycles. The van der Waals surface area contributed by atoms with Gasteiger partial charge in [0.15, 0.2) is 0 Å². The zero-order valence-corrected chi connectivity index (χ0v) is 19.2. The summed E-state index contributed by atoms with van der Waals surface area (Å²) >= 11 is -2.70. The molecule has 2 heterocycles. The van der Waals surface area contributed by atoms with Crippen molar-refractivity contribution in [1.29, 1.82) is 5.26 Å². The van der Waals surface area contributed by atoms with E-state index >= 15 is 0 Å². The van der Waals surface area contributed by atoms with E-state index in [2.05, 4.69) is 31.9 Å². The van der Waals surface area contributed by atoms with E-state index in [1.165, 1.54) is 55.5 Å². The third-order valence-electron chi connectivity index (χ3n) is 5.38. The fourth-order valence-corrected chi connectivity index (χ4v) is 19.8. The Morgan fingerprint density at radius 1 is 1.04 bits per heavy atom. The van der Waals surface area contributed by atoms with E-state index in [4.69, 9.17) is 4.98 Å². The van der Waals surface area contributed by atoms with E-state index in [0.717, 1.165) is 16.6 Å². The molecule has 0 aliphatic carbocycles. The van der Waals surface area contributed by atoms with E-state index in [0.29, 0.717) is 0 Å². The van der Waals surface area contributed by atoms with Gasteiger partial charge in [-0.15, -0.1) is 0 Å². The first-order chi connectivity index (χ1) is 12.1. The minimum absolute atomic E-state index is 0.829. The van der Waals surface area contributed by atoms with Crippen LogP contribution in [-0.2, 0) is 7.05 Å². The SMILES string of the molecule is CCC[CH2][Sn]([CH2]CCC)([CH2]CCC)[c]1nc2cnn(C)c2cc1C#N. The number of fused-ring (bicyclic) bond motifs is 1. The summed E-state index contributed by atoms with van der Waals surface area (Å²) in [5.41, 5.74) is 2.76. The number of nitrogens with zero attached hydrogens (tertiary/aromatic N) is 4. The molecule has 0 amide bonds. The standard InChI is InChI=1S/C8H5N4.3C4H9.Sn/c1-12-8-2-6(3-9)4-10-7(8)5-11-12;3*1-3-4-2;/h2,5H,1H3;3*1,3-4H2,2H3;. The number of nitriles is 1. The van der Waals surface area contributed by atoms with Crippen molar-refractivity contribution in [3.63, 3.8) is 0 Å². The molecule has 5 heteroatoms. The molecule has 0 aliphatic heterocycles. The number of pyridine rings is 1. The Morgan fingerprint density at radius 3 is 2.08 bits per heavy atom. The maximum absolute atomic E-state index is 9.86. The van der Waals surface area contributed by atoms with Crippen molar-refractivity contribution in [2.45, 2.75) is 72.6 Å². The summed E-state index contributed by atoms with van der Waals surface area (Å²) in [4.78, 5) is 5.09. The van der Waals surface area contributed by atoms with Gasteiger partial charge in [0, 0.05) is 0 Å². The van der Waals surface area contributed by atoms with Gasteiger partial charge in [0.2, 0.25) is 0 Å². The molecule has 2 rings (SSSR count). The van der Waals surface area contributed by atoms with Crippen LogP contribution >= 0.6 is 0 Å². The molecule has 0 bridgehead atoms. The zero-order valence-electron chi connectivity index (χ0n) is 16.3. The first-order valence-corrected chi connectivity index (χ1v) is 17.3. The molecule has 0 aromatic carbocycles. The molecule has 4 nitrogen and oxygen atoms in total. The topological polar surface area (TPSA) is 54.5 Å². The molecule has 0 aliphatic rings. The quantitative estimate of drug-likeness (QED) is 0.488. The molecular formula is C20H32N4Sn. The summed E-state index contributed by atoms with van der Waals surface area (Å²) in [7, 11) is 1.92. The average molecular weight is 447 g/mol. The van der Waals surface area contributed by atoms with E-state index in [1.807, 2.05) is 24.0 Å². The predicted molar refractivity (Wildman–Crippen MR) is 108 cm³/mol. The van der Waals surface area contributed by atoms with Gasteiger partial charge in [-0.05, 0) is 0 Å². The van der Waals surface area contributed by atoms with Gasteiger partial charge >= 0.3 is 157 Å². The molecule has 0 radical (unpaired) electrons. The summed E-state index contributed by atoms with van der Waals surface area (Å²) < 4.78 is 7.05. The molecule has 136 valence electrons. The number of aromatic nitrogens is 3. The number of rotatable bonds is 10. The minimum atomic E-state index is -2.70. The van der Waals surface area contributed by atoms with Crippen LogP contribution in [0.15, 0.2) is 12.3 Å². The van der Waals surface area contributed by atoms with Crippen LogP contribution in [-0.4, -0.2) is 33.1 Å². The van der Waals surface area contributed by atoms with Crippen molar-refractivity contribution in [1.82, 2.24) is 14.8 Å². The number of hydrogen-bond acceptors (Lipinski definition) is 3. The van der Waals surface area contributed by atoms with Crippen molar-refractivity contribution in [2.75, 3.05) is 0 Å². The second-order valence-electron chi connectivity index (χ2n) is 7.26. The summed E-state index contributed by atoms with van der Waals surface area (Å²) in [6.07, 6.45) is 9.38. The van der Waals surface area contributed by atoms with Crippen LogP contribution in [0, 0.1) is 11.3 Å². The van der Waals surface area contributed by atoms with Gasteiger partial charge in [-0.2, -0.15) is 0 Å². The van der Waals surface area contributed by atoms with E-state index in [-0.39, 0.29) is 0 Å². The van der Waals surface area contributed by atoms with Gasteiger partial charge in [0.1, 0.15) is 0 Å². The maximum atomic E-state index is 9.86. The Kier molecular flexibility index (Phi) is 7.74. The van der Waals surface area contributed by atoms with Crippen molar-refractivity contribution in [3.05, 3.63) is 17.8 Å². The van der Waals surface area contributed by atoms with Crippen LogP contribution in [0.3, 0.4) is 0 Å². The Morgan fingerprint density at radius 2 is 1.60 bits per heavy atom. The normalized spacial score (nSPS) is 11.8. The van der Waals surface area contributed by atoms with Crippen LogP contribution in [0.2, 0.25) is 13.3 Å². The fraction of sp³-hybridized carbons (Fsp3) is 0.650. The second kappa shape index (κ2) is 9.56. The molecule has 25 heavy (non-hydrogen) atoms. The monoisotopic (exact) mass is 448 g/mol. The van der Waals surface area contributed by atoms with Crippen LogP contribution in [0.5, 0.6) is 0 Å². The Balaban J connectivity index is 2.60. The molecule has 0 unspecified atom stereocenters. The zero-order chi connectivity index (χ0) is 18.3. The molecule has 0 N–H and O–H groups in total. The number of unbranched alkanes of at least 4 members (excludes halogenated alkanes) is 3. The summed E-state index contributed by atoms with van der Waals surface area (Å²) in [5, 5.41) is 14.2. The molecular weight excluding hydrogens is 415 g/mol. The predicted octanol–water partition coefficient (Wildman–Crippen LogP) is 4.90. The Hall–Kier alpha value is -1.09. The van der Waals surface area contributed by atoms with E-state index < -0.39 is 18.4 Å². The molecule has 0 spiro atoms. The Bertz CT molecular complexity index is 707. The van der Waals surface area contributed by atoms with Crippen molar-refractivity contribution >= 4 is 33.1 Å². The van der Waals surface area contributed by atoms with Crippen LogP contribution in [0.25, 0.3) is 11.0 Å². The van der Waals surface area contributed by atoms with Crippen LogP contribution < -0.4 is 3.71 Å². The molecule has 0 saturated heterocycles. The van der Waals surface area contributed by atoms with Gasteiger partial charge in [0.25, 0.3) is 0 Å². The summed E-state index contributed by atoms with van der Waals surface area (Å²) in [6.45, 7) is 6.83. The first-order valence-electron chi connectivity index (χ1n) is 9.85. The molecule has 0 atom stereocenters.